The summed E-state index contributed by atoms with van der Waals surface area (Å²) in [5.74, 6) is 0.934. The molecule has 0 fully saturated rings. The van der Waals surface area contributed by atoms with E-state index in [9.17, 15) is 9.59 Å². The van der Waals surface area contributed by atoms with Crippen LogP contribution in [-0.2, 0) is 11.4 Å². The molecule has 1 aliphatic rings. The monoisotopic (exact) mass is 406 g/mol. The molecule has 9 nitrogen and oxygen atoms in total. The van der Waals surface area contributed by atoms with Gasteiger partial charge in [-0.15, -0.1) is 0 Å². The van der Waals surface area contributed by atoms with Gasteiger partial charge in [0, 0.05) is 24.2 Å². The summed E-state index contributed by atoms with van der Waals surface area (Å²) < 4.78 is 16.2. The second-order valence-corrected chi connectivity index (χ2v) is 6.29. The number of pyridine rings is 2. The lowest BCUT2D eigenvalue weighted by molar-refractivity contribution is -0.115. The van der Waals surface area contributed by atoms with Crippen LogP contribution in [0.3, 0.4) is 0 Å². The second-order valence-electron chi connectivity index (χ2n) is 6.29. The van der Waals surface area contributed by atoms with Crippen LogP contribution < -0.4 is 24.8 Å². The number of nitrogens with zero attached hydrogens (tertiary/aromatic N) is 2. The van der Waals surface area contributed by atoms with Gasteiger partial charge in [-0.2, -0.15) is 0 Å². The third-order valence-electron chi connectivity index (χ3n) is 4.22. The quantitative estimate of drug-likeness (QED) is 0.618. The molecule has 0 aliphatic carbocycles. The van der Waals surface area contributed by atoms with Crippen LogP contribution in [0.2, 0.25) is 0 Å². The van der Waals surface area contributed by atoms with E-state index in [1.807, 2.05) is 12.1 Å². The second kappa shape index (κ2) is 8.91. The van der Waals surface area contributed by atoms with Crippen LogP contribution in [-0.4, -0.2) is 35.1 Å². The Balaban J connectivity index is 1.32. The maximum absolute atomic E-state index is 12.3. The molecule has 0 radical (unpaired) electrons. The predicted octanol–water partition coefficient (Wildman–Crippen LogP) is 2.15. The van der Waals surface area contributed by atoms with E-state index in [0.29, 0.717) is 29.4 Å². The number of amides is 2. The molecule has 0 bridgehead atoms. The smallest absolute Gasteiger partial charge is 0.251 e. The summed E-state index contributed by atoms with van der Waals surface area (Å²) in [5.41, 5.74) is 1.30. The van der Waals surface area contributed by atoms with Crippen molar-refractivity contribution < 1.29 is 23.8 Å². The fourth-order valence-corrected chi connectivity index (χ4v) is 2.72. The Labute approximate surface area is 172 Å². The first kappa shape index (κ1) is 19.2. The number of ether oxygens (including phenoxy) is 3. The Bertz CT molecular complexity index is 1060. The largest absolute Gasteiger partial charge is 0.485 e. The highest BCUT2D eigenvalue weighted by Gasteiger charge is 2.17. The maximum Gasteiger partial charge on any atom is 0.251 e. The molecule has 0 atom stereocenters. The topological polar surface area (TPSA) is 112 Å². The van der Waals surface area contributed by atoms with Crippen molar-refractivity contribution >= 4 is 17.6 Å². The molecule has 9 heteroatoms. The van der Waals surface area contributed by atoms with Crippen LogP contribution >= 0.6 is 0 Å². The predicted molar refractivity (Wildman–Crippen MR) is 106 cm³/mol. The zero-order chi connectivity index (χ0) is 20.8. The van der Waals surface area contributed by atoms with Crippen molar-refractivity contribution in [1.82, 2.24) is 15.3 Å². The lowest BCUT2D eigenvalue weighted by atomic mass is 10.2. The lowest BCUT2D eigenvalue weighted by Gasteiger charge is -2.12. The van der Waals surface area contributed by atoms with Crippen LogP contribution in [0.5, 0.6) is 17.2 Å². The maximum atomic E-state index is 12.3. The molecule has 2 aromatic heterocycles. The zero-order valence-corrected chi connectivity index (χ0v) is 15.8. The zero-order valence-electron chi connectivity index (χ0n) is 15.8. The molecule has 0 saturated carbocycles. The number of benzene rings is 1. The van der Waals surface area contributed by atoms with E-state index in [1.54, 1.807) is 48.9 Å². The summed E-state index contributed by atoms with van der Waals surface area (Å²) in [4.78, 5) is 32.7. The number of aromatic nitrogens is 2. The van der Waals surface area contributed by atoms with Gasteiger partial charge in [0.2, 0.25) is 12.7 Å². The fourth-order valence-electron chi connectivity index (χ4n) is 2.72. The molecule has 0 unspecified atom stereocenters. The van der Waals surface area contributed by atoms with Crippen LogP contribution in [0.4, 0.5) is 5.82 Å². The minimum Gasteiger partial charge on any atom is -0.485 e. The van der Waals surface area contributed by atoms with Gasteiger partial charge in [0.25, 0.3) is 5.91 Å². The van der Waals surface area contributed by atoms with Gasteiger partial charge in [-0.1, -0.05) is 0 Å². The molecule has 30 heavy (non-hydrogen) atoms. The van der Waals surface area contributed by atoms with E-state index in [-0.39, 0.29) is 19.2 Å². The number of carbonyl (C=O) groups excluding carboxylic acids is 2. The lowest BCUT2D eigenvalue weighted by Crippen LogP contribution is -2.33. The van der Waals surface area contributed by atoms with E-state index < -0.39 is 11.8 Å². The van der Waals surface area contributed by atoms with Crippen molar-refractivity contribution in [3.63, 3.8) is 0 Å². The molecule has 152 valence electrons. The third-order valence-corrected chi connectivity index (χ3v) is 4.22. The number of hydrogen-bond donors (Lipinski definition) is 2. The summed E-state index contributed by atoms with van der Waals surface area (Å²) >= 11 is 0. The number of nitrogens with one attached hydrogen (secondary N) is 2. The SMILES string of the molecule is O=C(CNC(=O)c1ccc2c(c1)OCO2)Nc1ncccc1OCc1ccncc1. The van der Waals surface area contributed by atoms with E-state index in [2.05, 4.69) is 20.6 Å². The van der Waals surface area contributed by atoms with Crippen molar-refractivity contribution in [2.75, 3.05) is 18.7 Å². The van der Waals surface area contributed by atoms with Gasteiger partial charge in [0.1, 0.15) is 6.61 Å². The fraction of sp³-hybridized carbons (Fsp3) is 0.143. The standard InChI is InChI=1S/C21H18N4O5/c26-19(11-24-21(27)15-3-4-16-18(10-15)30-13-29-16)25-20-17(2-1-7-23-20)28-12-14-5-8-22-9-6-14/h1-10H,11-13H2,(H,24,27)(H,23,25,26). The number of fused-ring (bicyclic) bond motifs is 1. The molecular formula is C21H18N4O5. The van der Waals surface area contributed by atoms with Crippen LogP contribution in [0.15, 0.2) is 61.1 Å². The van der Waals surface area contributed by atoms with Crippen molar-refractivity contribution in [2.45, 2.75) is 6.61 Å². The molecule has 2 N–H and O–H groups in total. The number of anilines is 1. The molecule has 3 aromatic rings. The molecule has 3 heterocycles. The third kappa shape index (κ3) is 4.64. The van der Waals surface area contributed by atoms with Crippen molar-refractivity contribution in [3.05, 3.63) is 72.2 Å². The number of hydrogen-bond acceptors (Lipinski definition) is 7. The normalized spacial score (nSPS) is 11.6. The van der Waals surface area contributed by atoms with E-state index in [4.69, 9.17) is 14.2 Å². The molecule has 0 spiro atoms. The van der Waals surface area contributed by atoms with Gasteiger partial charge in [0.15, 0.2) is 23.1 Å². The highest BCUT2D eigenvalue weighted by molar-refractivity contribution is 5.99. The minimum atomic E-state index is -0.434. The highest BCUT2D eigenvalue weighted by atomic mass is 16.7. The van der Waals surface area contributed by atoms with E-state index in [1.165, 1.54) is 0 Å². The average Bonchev–Trinajstić information content (AvgIpc) is 3.25. The summed E-state index contributed by atoms with van der Waals surface area (Å²) in [6.45, 7) is 0.198. The van der Waals surface area contributed by atoms with Crippen LogP contribution in [0.1, 0.15) is 15.9 Å². The minimum absolute atomic E-state index is 0.123. The number of carbonyl (C=O) groups is 2. The molecular weight excluding hydrogens is 388 g/mol. The van der Waals surface area contributed by atoms with Crippen LogP contribution in [0, 0.1) is 0 Å². The summed E-state index contributed by atoms with van der Waals surface area (Å²) in [6, 6.07) is 11.9. The summed E-state index contributed by atoms with van der Waals surface area (Å²) in [5, 5.41) is 5.21. The van der Waals surface area contributed by atoms with Gasteiger partial charge >= 0.3 is 0 Å². The van der Waals surface area contributed by atoms with Gasteiger partial charge in [0.05, 0.1) is 6.54 Å². The van der Waals surface area contributed by atoms with Crippen molar-refractivity contribution in [2.24, 2.45) is 0 Å². The van der Waals surface area contributed by atoms with Crippen molar-refractivity contribution in [1.29, 1.82) is 0 Å². The Morgan fingerprint density at radius 3 is 2.73 bits per heavy atom. The molecule has 1 aliphatic heterocycles. The van der Waals surface area contributed by atoms with Crippen molar-refractivity contribution in [3.8, 4) is 17.2 Å². The Morgan fingerprint density at radius 2 is 1.87 bits per heavy atom. The van der Waals surface area contributed by atoms with Gasteiger partial charge in [-0.3, -0.25) is 14.6 Å². The van der Waals surface area contributed by atoms with Gasteiger partial charge in [-0.05, 0) is 48.0 Å². The first-order chi connectivity index (χ1) is 14.7. The first-order valence-corrected chi connectivity index (χ1v) is 9.13. The summed E-state index contributed by atoms with van der Waals surface area (Å²) in [6.07, 6.45) is 4.89. The molecule has 4 rings (SSSR count). The average molecular weight is 406 g/mol. The van der Waals surface area contributed by atoms with Gasteiger partial charge in [-0.25, -0.2) is 4.98 Å². The van der Waals surface area contributed by atoms with E-state index in [0.717, 1.165) is 5.56 Å². The molecule has 1 aromatic carbocycles. The first-order valence-electron chi connectivity index (χ1n) is 9.13. The van der Waals surface area contributed by atoms with Gasteiger partial charge < -0.3 is 24.8 Å². The Hall–Kier alpha value is -4.14. The Morgan fingerprint density at radius 1 is 1.03 bits per heavy atom. The molecule has 2 amide bonds. The van der Waals surface area contributed by atoms with Crippen LogP contribution in [0.25, 0.3) is 0 Å². The Kier molecular flexibility index (Phi) is 5.70. The summed E-state index contributed by atoms with van der Waals surface area (Å²) in [7, 11) is 0. The van der Waals surface area contributed by atoms with E-state index >= 15 is 0 Å². The molecule has 0 saturated heterocycles. The highest BCUT2D eigenvalue weighted by Crippen LogP contribution is 2.32. The number of rotatable bonds is 7.